The highest BCUT2D eigenvalue weighted by atomic mass is 32.2. The van der Waals surface area contributed by atoms with E-state index in [0.717, 1.165) is 0 Å². The van der Waals surface area contributed by atoms with Crippen molar-refractivity contribution in [2.75, 3.05) is 0 Å². The van der Waals surface area contributed by atoms with E-state index in [1.54, 1.807) is 0 Å². The van der Waals surface area contributed by atoms with Crippen LogP contribution in [0.15, 0.2) is 58.3 Å². The van der Waals surface area contributed by atoms with Crippen LogP contribution in [0.3, 0.4) is 0 Å². The molecule has 1 heteroatoms. The Bertz CT molecular complexity index is 611. The van der Waals surface area contributed by atoms with Gasteiger partial charge in [-0.3, -0.25) is 0 Å². The Labute approximate surface area is 99.0 Å². The predicted octanol–water partition coefficient (Wildman–Crippen LogP) is 4.31. The van der Waals surface area contributed by atoms with E-state index in [1.165, 1.54) is 26.5 Å². The summed E-state index contributed by atoms with van der Waals surface area (Å²) in [5, 5.41) is 0. The minimum Gasteiger partial charge on any atom is -0.0895 e. The molecule has 0 saturated carbocycles. The van der Waals surface area contributed by atoms with Crippen molar-refractivity contribution in [3.63, 3.8) is 0 Å². The summed E-state index contributed by atoms with van der Waals surface area (Å²) in [6.45, 7) is 0. The molecule has 0 spiro atoms. The lowest BCUT2D eigenvalue weighted by Gasteiger charge is -2.17. The molecule has 6 bridgehead atoms. The smallest absolute Gasteiger partial charge is 0.0279 e. The van der Waals surface area contributed by atoms with Gasteiger partial charge >= 0.3 is 0 Å². The molecule has 0 fully saturated rings. The number of rotatable bonds is 0. The van der Waals surface area contributed by atoms with Gasteiger partial charge in [-0.25, -0.2) is 0 Å². The zero-order valence-corrected chi connectivity index (χ0v) is 9.50. The molecule has 2 aliphatic rings. The molecule has 4 rings (SSSR count). The van der Waals surface area contributed by atoms with Crippen LogP contribution < -0.4 is 0 Å². The zero-order valence-electron chi connectivity index (χ0n) is 8.68. The van der Waals surface area contributed by atoms with Crippen LogP contribution in [0.4, 0.5) is 0 Å². The van der Waals surface area contributed by atoms with Crippen molar-refractivity contribution >= 4 is 17.8 Å². The van der Waals surface area contributed by atoms with E-state index in [4.69, 9.17) is 0 Å². The molecule has 1 aliphatic heterocycles. The Morgan fingerprint density at radius 1 is 1.00 bits per heavy atom. The first-order valence-electron chi connectivity index (χ1n) is 5.51. The second-order valence-corrected chi connectivity index (χ2v) is 5.39. The number of fused-ring (bicyclic) bond motifs is 3. The Hall–Kier alpha value is -1.47. The van der Waals surface area contributed by atoms with Crippen LogP contribution in [0.2, 0.25) is 0 Å². The first kappa shape index (κ1) is 8.66. The molecule has 0 nitrogen and oxygen atoms in total. The summed E-state index contributed by atoms with van der Waals surface area (Å²) in [6, 6.07) is 15.5. The first-order valence-corrected chi connectivity index (χ1v) is 6.32. The van der Waals surface area contributed by atoms with Crippen LogP contribution >= 0.6 is 11.8 Å². The second kappa shape index (κ2) is 3.02. The number of allylic oxidation sites excluding steroid dienone is 1. The normalized spacial score (nSPS) is 19.4. The maximum absolute atomic E-state index is 2.32. The van der Waals surface area contributed by atoms with Crippen molar-refractivity contribution in [1.29, 1.82) is 0 Å². The minimum absolute atomic E-state index is 0.468. The van der Waals surface area contributed by atoms with E-state index in [1.807, 2.05) is 11.8 Å². The van der Waals surface area contributed by atoms with Gasteiger partial charge in [0.15, 0.2) is 0 Å². The molecule has 16 heavy (non-hydrogen) atoms. The van der Waals surface area contributed by atoms with Gasteiger partial charge in [0.1, 0.15) is 0 Å². The lowest BCUT2D eigenvalue weighted by molar-refractivity contribution is 1.03. The third-order valence-electron chi connectivity index (χ3n) is 3.34. The largest absolute Gasteiger partial charge is 0.0895 e. The Balaban J connectivity index is 2.09. The number of benzene rings is 2. The van der Waals surface area contributed by atoms with Crippen molar-refractivity contribution in [1.82, 2.24) is 0 Å². The van der Waals surface area contributed by atoms with E-state index in [9.17, 15) is 0 Å². The lowest BCUT2D eigenvalue weighted by atomic mass is 9.93. The molecule has 1 atom stereocenters. The standard InChI is InChI=1S/C15H10S/c1-3-10-9-11(4-1)16-15-6-2-5-13-12(10)7-8-14(13)15/h1-9,12H. The molecule has 0 amide bonds. The molecule has 0 radical (unpaired) electrons. The lowest BCUT2D eigenvalue weighted by Crippen LogP contribution is -1.98. The minimum atomic E-state index is 0.468. The molecule has 1 heterocycles. The predicted molar refractivity (Wildman–Crippen MR) is 67.9 cm³/mol. The van der Waals surface area contributed by atoms with Crippen LogP contribution in [0.1, 0.15) is 22.6 Å². The summed E-state index contributed by atoms with van der Waals surface area (Å²) in [5.74, 6) is 0.468. The fourth-order valence-corrected chi connectivity index (χ4v) is 3.62. The van der Waals surface area contributed by atoms with Gasteiger partial charge in [0.05, 0.1) is 0 Å². The van der Waals surface area contributed by atoms with Crippen LogP contribution in [-0.2, 0) is 0 Å². The van der Waals surface area contributed by atoms with Crippen LogP contribution in [-0.4, -0.2) is 0 Å². The molecule has 2 aromatic rings. The van der Waals surface area contributed by atoms with Gasteiger partial charge in [-0.2, -0.15) is 0 Å². The quantitative estimate of drug-likeness (QED) is 0.640. The van der Waals surface area contributed by atoms with Crippen LogP contribution in [0, 0.1) is 0 Å². The third-order valence-corrected chi connectivity index (χ3v) is 4.40. The van der Waals surface area contributed by atoms with Gasteiger partial charge in [-0.05, 0) is 34.9 Å². The van der Waals surface area contributed by atoms with E-state index in [2.05, 4.69) is 54.6 Å². The molecular formula is C15H10S. The summed E-state index contributed by atoms with van der Waals surface area (Å²) in [4.78, 5) is 2.73. The fraction of sp³-hybridized carbons (Fsp3) is 0.0667. The maximum Gasteiger partial charge on any atom is 0.0279 e. The van der Waals surface area contributed by atoms with Gasteiger partial charge in [0.2, 0.25) is 0 Å². The van der Waals surface area contributed by atoms with Crippen LogP contribution in [0.25, 0.3) is 6.08 Å². The van der Waals surface area contributed by atoms with Crippen molar-refractivity contribution in [3.05, 3.63) is 65.2 Å². The SMILES string of the molecule is C1=CC2c3cccc(c3)Sc3cccc2c31. The third kappa shape index (κ3) is 1.07. The van der Waals surface area contributed by atoms with E-state index >= 15 is 0 Å². The Morgan fingerprint density at radius 2 is 1.94 bits per heavy atom. The Morgan fingerprint density at radius 3 is 2.94 bits per heavy atom. The zero-order chi connectivity index (χ0) is 10.5. The van der Waals surface area contributed by atoms with Crippen molar-refractivity contribution in [2.45, 2.75) is 15.7 Å². The van der Waals surface area contributed by atoms with Crippen LogP contribution in [0.5, 0.6) is 0 Å². The fourth-order valence-electron chi connectivity index (χ4n) is 2.58. The monoisotopic (exact) mass is 222 g/mol. The molecule has 0 saturated heterocycles. The Kier molecular flexibility index (Phi) is 1.63. The average Bonchev–Trinajstić information content (AvgIpc) is 2.75. The highest BCUT2D eigenvalue weighted by Gasteiger charge is 2.23. The summed E-state index contributed by atoms with van der Waals surface area (Å²) >= 11 is 1.87. The molecule has 1 aliphatic carbocycles. The highest BCUT2D eigenvalue weighted by molar-refractivity contribution is 7.99. The first-order chi connectivity index (χ1) is 7.92. The van der Waals surface area contributed by atoms with Crippen molar-refractivity contribution in [2.24, 2.45) is 0 Å². The van der Waals surface area contributed by atoms with E-state index in [-0.39, 0.29) is 0 Å². The molecule has 76 valence electrons. The average molecular weight is 222 g/mol. The van der Waals surface area contributed by atoms with E-state index in [0.29, 0.717) is 5.92 Å². The van der Waals surface area contributed by atoms with Crippen molar-refractivity contribution in [3.8, 4) is 0 Å². The molecule has 1 unspecified atom stereocenters. The topological polar surface area (TPSA) is 0 Å². The second-order valence-electron chi connectivity index (χ2n) is 4.27. The number of hydrogen-bond acceptors (Lipinski definition) is 1. The summed E-state index contributed by atoms with van der Waals surface area (Å²) in [6.07, 6.45) is 4.59. The maximum atomic E-state index is 2.32. The van der Waals surface area contributed by atoms with Crippen molar-refractivity contribution < 1.29 is 0 Å². The van der Waals surface area contributed by atoms with Gasteiger partial charge in [-0.1, -0.05) is 48.2 Å². The molecule has 2 aromatic carbocycles. The molecule has 0 N–H and O–H groups in total. The van der Waals surface area contributed by atoms with E-state index < -0.39 is 0 Å². The molecular weight excluding hydrogens is 212 g/mol. The molecule has 0 aromatic heterocycles. The summed E-state index contributed by atoms with van der Waals surface area (Å²) < 4.78 is 0. The highest BCUT2D eigenvalue weighted by Crippen LogP contribution is 2.44. The van der Waals surface area contributed by atoms with Gasteiger partial charge in [0, 0.05) is 15.7 Å². The van der Waals surface area contributed by atoms with Gasteiger partial charge in [0.25, 0.3) is 0 Å². The summed E-state index contributed by atoms with van der Waals surface area (Å²) in [7, 11) is 0. The van der Waals surface area contributed by atoms with Gasteiger partial charge < -0.3 is 0 Å². The van der Waals surface area contributed by atoms with Gasteiger partial charge in [-0.15, -0.1) is 0 Å². The number of hydrogen-bond donors (Lipinski definition) is 0. The summed E-state index contributed by atoms with van der Waals surface area (Å²) in [5.41, 5.74) is 4.29.